The number of fused-ring (bicyclic) bond motifs is 1. The molecule has 0 N–H and O–H groups in total. The summed E-state index contributed by atoms with van der Waals surface area (Å²) in [6.45, 7) is 0.974. The lowest BCUT2D eigenvalue weighted by molar-refractivity contribution is 0.246. The predicted molar refractivity (Wildman–Crippen MR) is 98.0 cm³/mol. The zero-order valence-corrected chi connectivity index (χ0v) is 15.9. The number of halogens is 1. The first-order valence-electron chi connectivity index (χ1n) is 8.69. The number of ether oxygens (including phenoxy) is 1. The van der Waals surface area contributed by atoms with Crippen molar-refractivity contribution in [3.05, 3.63) is 52.9 Å². The fraction of sp³-hybridized carbons (Fsp3) is 0.333. The van der Waals surface area contributed by atoms with Crippen LogP contribution in [0.3, 0.4) is 0 Å². The number of aromatic nitrogens is 2. The zero-order valence-electron chi connectivity index (χ0n) is 15.0. The van der Waals surface area contributed by atoms with Gasteiger partial charge < -0.3 is 9.15 Å². The first-order chi connectivity index (χ1) is 13.3. The molecule has 28 heavy (non-hydrogen) atoms. The highest BCUT2D eigenvalue weighted by Crippen LogP contribution is 2.27. The van der Waals surface area contributed by atoms with Crippen molar-refractivity contribution in [3.63, 3.8) is 0 Å². The van der Waals surface area contributed by atoms with Gasteiger partial charge in [-0.15, -0.1) is 0 Å². The van der Waals surface area contributed by atoms with E-state index in [0.717, 1.165) is 6.20 Å². The maximum absolute atomic E-state index is 13.0. The number of benzene rings is 1. The minimum atomic E-state index is -3.70. The van der Waals surface area contributed by atoms with Crippen molar-refractivity contribution < 1.29 is 22.0 Å². The van der Waals surface area contributed by atoms with Gasteiger partial charge in [0.15, 0.2) is 5.58 Å². The zero-order chi connectivity index (χ0) is 19.9. The van der Waals surface area contributed by atoms with Crippen LogP contribution in [0.4, 0.5) is 4.39 Å². The molecule has 8 nitrogen and oxygen atoms in total. The van der Waals surface area contributed by atoms with Crippen LogP contribution in [0.2, 0.25) is 0 Å². The standard InChI is InChI=1S/C18H18FN3O5S/c1-21-15-8-14(3-4-16(15)27-18(21)23)28(24,25)22-7-6-12(10-22)11-26-17-5-2-13(19)9-20-17/h2-5,8-9,12H,6-7,10-11H2,1H3. The molecule has 0 bridgehead atoms. The maximum atomic E-state index is 13.0. The van der Waals surface area contributed by atoms with Crippen LogP contribution >= 0.6 is 0 Å². The van der Waals surface area contributed by atoms with Gasteiger partial charge >= 0.3 is 5.76 Å². The van der Waals surface area contributed by atoms with Crippen molar-refractivity contribution in [1.29, 1.82) is 0 Å². The van der Waals surface area contributed by atoms with Crippen LogP contribution in [0.15, 0.2) is 50.6 Å². The summed E-state index contributed by atoms with van der Waals surface area (Å²) in [6.07, 6.45) is 1.72. The molecule has 148 valence electrons. The topological polar surface area (TPSA) is 94.6 Å². The predicted octanol–water partition coefficient (Wildman–Crippen LogP) is 1.76. The van der Waals surface area contributed by atoms with Crippen molar-refractivity contribution >= 4 is 21.1 Å². The van der Waals surface area contributed by atoms with Gasteiger partial charge in [-0.1, -0.05) is 0 Å². The van der Waals surface area contributed by atoms with E-state index in [1.165, 1.54) is 46.3 Å². The average Bonchev–Trinajstić information content (AvgIpc) is 3.27. The summed E-state index contributed by atoms with van der Waals surface area (Å²) in [5.41, 5.74) is 0.762. The van der Waals surface area contributed by atoms with Gasteiger partial charge in [-0.3, -0.25) is 4.57 Å². The number of hydrogen-bond donors (Lipinski definition) is 0. The van der Waals surface area contributed by atoms with Crippen LogP contribution < -0.4 is 10.5 Å². The van der Waals surface area contributed by atoms with E-state index in [2.05, 4.69) is 4.98 Å². The van der Waals surface area contributed by atoms with Gasteiger partial charge in [0, 0.05) is 32.1 Å². The molecule has 1 aliphatic heterocycles. The summed E-state index contributed by atoms with van der Waals surface area (Å²) in [7, 11) is -2.18. The summed E-state index contributed by atoms with van der Waals surface area (Å²) < 4.78 is 52.1. The first kappa shape index (κ1) is 18.6. The molecule has 10 heteroatoms. The molecule has 1 fully saturated rings. The Kier molecular flexibility index (Phi) is 4.68. The molecule has 1 atom stereocenters. The lowest BCUT2D eigenvalue weighted by Gasteiger charge is -2.17. The van der Waals surface area contributed by atoms with E-state index >= 15 is 0 Å². The fourth-order valence-corrected chi connectivity index (χ4v) is 4.77. The smallest absolute Gasteiger partial charge is 0.419 e. The lowest BCUT2D eigenvalue weighted by Crippen LogP contribution is -2.29. The third-order valence-electron chi connectivity index (χ3n) is 4.82. The second-order valence-corrected chi connectivity index (χ2v) is 8.64. The molecule has 3 heterocycles. The summed E-state index contributed by atoms with van der Waals surface area (Å²) >= 11 is 0. The van der Waals surface area contributed by atoms with E-state index in [9.17, 15) is 17.6 Å². The molecule has 0 aliphatic carbocycles. The number of rotatable bonds is 5. The van der Waals surface area contributed by atoms with Crippen LogP contribution in [0.1, 0.15) is 6.42 Å². The molecule has 0 saturated carbocycles. The van der Waals surface area contributed by atoms with Crippen LogP contribution in [-0.2, 0) is 17.1 Å². The Morgan fingerprint density at radius 2 is 2.14 bits per heavy atom. The Balaban J connectivity index is 1.47. The summed E-state index contributed by atoms with van der Waals surface area (Å²) in [6, 6.07) is 7.06. The molecular formula is C18H18FN3O5S. The number of oxazole rings is 1. The molecule has 0 spiro atoms. The minimum Gasteiger partial charge on any atom is -0.477 e. The molecule has 1 aliphatic rings. The number of nitrogens with zero attached hydrogens (tertiary/aromatic N) is 3. The van der Waals surface area contributed by atoms with Crippen molar-refractivity contribution in [2.24, 2.45) is 13.0 Å². The summed E-state index contributed by atoms with van der Waals surface area (Å²) in [5, 5.41) is 0. The van der Waals surface area contributed by atoms with Gasteiger partial charge in [0.05, 0.1) is 23.2 Å². The minimum absolute atomic E-state index is 0.00337. The number of pyridine rings is 1. The van der Waals surface area contributed by atoms with E-state index in [1.807, 2.05) is 0 Å². The summed E-state index contributed by atoms with van der Waals surface area (Å²) in [4.78, 5) is 15.5. The molecule has 0 amide bonds. The highest BCUT2D eigenvalue weighted by molar-refractivity contribution is 7.89. The number of hydrogen-bond acceptors (Lipinski definition) is 6. The van der Waals surface area contributed by atoms with Gasteiger partial charge in [0.25, 0.3) is 0 Å². The number of aryl methyl sites for hydroxylation is 1. The molecule has 1 saturated heterocycles. The van der Waals surface area contributed by atoms with E-state index in [-0.39, 0.29) is 10.8 Å². The fourth-order valence-electron chi connectivity index (χ4n) is 3.22. The third-order valence-corrected chi connectivity index (χ3v) is 6.68. The van der Waals surface area contributed by atoms with Crippen LogP contribution in [0.25, 0.3) is 11.1 Å². The first-order valence-corrected chi connectivity index (χ1v) is 10.1. The SMILES string of the molecule is Cn1c(=O)oc2ccc(S(=O)(=O)N3CCC(COc4ccc(F)cn4)C3)cc21. The largest absolute Gasteiger partial charge is 0.477 e. The highest BCUT2D eigenvalue weighted by Gasteiger charge is 2.33. The van der Waals surface area contributed by atoms with Gasteiger partial charge in [0.2, 0.25) is 15.9 Å². The Morgan fingerprint density at radius 3 is 2.89 bits per heavy atom. The van der Waals surface area contributed by atoms with Gasteiger partial charge in [-0.2, -0.15) is 4.31 Å². The Labute approximate surface area is 160 Å². The van der Waals surface area contributed by atoms with Gasteiger partial charge in [-0.05, 0) is 30.7 Å². The van der Waals surface area contributed by atoms with Gasteiger partial charge in [-0.25, -0.2) is 22.6 Å². The molecule has 0 radical (unpaired) electrons. The van der Waals surface area contributed by atoms with E-state index in [4.69, 9.17) is 9.15 Å². The Morgan fingerprint density at radius 1 is 1.32 bits per heavy atom. The van der Waals surface area contributed by atoms with Crippen LogP contribution in [-0.4, -0.2) is 42.0 Å². The molecule has 4 rings (SSSR count). The van der Waals surface area contributed by atoms with Crippen LogP contribution in [0, 0.1) is 11.7 Å². The number of sulfonamides is 1. The molecule has 2 aromatic heterocycles. The summed E-state index contributed by atoms with van der Waals surface area (Å²) in [5.74, 6) is -0.687. The molecular weight excluding hydrogens is 389 g/mol. The Bertz CT molecular complexity index is 1170. The quantitative estimate of drug-likeness (QED) is 0.640. The second-order valence-electron chi connectivity index (χ2n) is 6.70. The second kappa shape index (κ2) is 7.02. The average molecular weight is 407 g/mol. The van der Waals surface area contributed by atoms with Crippen molar-refractivity contribution in [2.45, 2.75) is 11.3 Å². The van der Waals surface area contributed by atoms with Crippen LogP contribution in [0.5, 0.6) is 5.88 Å². The van der Waals surface area contributed by atoms with E-state index < -0.39 is 21.6 Å². The van der Waals surface area contributed by atoms with Crippen molar-refractivity contribution in [2.75, 3.05) is 19.7 Å². The highest BCUT2D eigenvalue weighted by atomic mass is 32.2. The molecule has 1 unspecified atom stereocenters. The third kappa shape index (κ3) is 3.40. The monoisotopic (exact) mass is 407 g/mol. The van der Waals surface area contributed by atoms with Gasteiger partial charge in [0.1, 0.15) is 5.82 Å². The van der Waals surface area contributed by atoms with E-state index in [0.29, 0.717) is 43.1 Å². The Hall–Kier alpha value is -2.72. The van der Waals surface area contributed by atoms with E-state index in [1.54, 1.807) is 0 Å². The maximum Gasteiger partial charge on any atom is 0.419 e. The van der Waals surface area contributed by atoms with Crippen molar-refractivity contribution in [1.82, 2.24) is 13.9 Å². The lowest BCUT2D eigenvalue weighted by atomic mass is 10.1. The normalized spacial score (nSPS) is 18.0. The molecule has 3 aromatic rings. The van der Waals surface area contributed by atoms with Crippen molar-refractivity contribution in [3.8, 4) is 5.88 Å². The molecule has 1 aromatic carbocycles.